The Morgan fingerprint density at radius 2 is 1.78 bits per heavy atom. The molecule has 1 aromatic heterocycles. The van der Waals surface area contributed by atoms with Gasteiger partial charge in [0.15, 0.2) is 5.96 Å². The fraction of sp³-hybridized carbons (Fsp3) is 0.333. The molecule has 0 spiro atoms. The van der Waals surface area contributed by atoms with E-state index >= 15 is 0 Å². The monoisotopic (exact) mass is 477 g/mol. The van der Waals surface area contributed by atoms with E-state index in [9.17, 15) is 0 Å². The molecule has 2 N–H and O–H groups in total. The molecule has 0 aliphatic heterocycles. The molecule has 0 aliphatic carbocycles. The highest BCUT2D eigenvalue weighted by Gasteiger charge is 2.06. The van der Waals surface area contributed by atoms with Gasteiger partial charge in [-0.25, -0.2) is 9.98 Å². The highest BCUT2D eigenvalue weighted by atomic mass is 127. The number of imidazole rings is 1. The Kier molecular flexibility index (Phi) is 8.09. The molecule has 3 aromatic rings. The average molecular weight is 477 g/mol. The zero-order valence-corrected chi connectivity index (χ0v) is 18.5. The number of fused-ring (bicyclic) bond motifs is 1. The van der Waals surface area contributed by atoms with Crippen LogP contribution in [-0.4, -0.2) is 28.6 Å². The topological polar surface area (TPSA) is 54.2 Å². The first-order chi connectivity index (χ1) is 12.7. The fourth-order valence-corrected chi connectivity index (χ4v) is 2.97. The second-order valence-corrected chi connectivity index (χ2v) is 6.41. The van der Waals surface area contributed by atoms with Gasteiger partial charge < -0.3 is 15.2 Å². The van der Waals surface area contributed by atoms with Gasteiger partial charge in [0.1, 0.15) is 5.82 Å². The molecule has 0 fully saturated rings. The van der Waals surface area contributed by atoms with Crippen LogP contribution in [0.1, 0.15) is 23.9 Å². The quantitative estimate of drug-likeness (QED) is 0.320. The van der Waals surface area contributed by atoms with Crippen LogP contribution in [0.4, 0.5) is 0 Å². The summed E-state index contributed by atoms with van der Waals surface area (Å²) in [5.74, 6) is 1.88. The van der Waals surface area contributed by atoms with Gasteiger partial charge in [0.25, 0.3) is 0 Å². The highest BCUT2D eigenvalue weighted by Crippen LogP contribution is 2.14. The standard InChI is InChI=1S/C21H27N5.HI/c1-4-22-21(24-15-18-11-9-16(2)10-12-18)23-13-14-26-17(3)25-19-7-5-6-8-20(19)26;/h5-12H,4,13-15H2,1-3H3,(H2,22,23,24);1H. The van der Waals surface area contributed by atoms with E-state index in [1.807, 2.05) is 6.07 Å². The van der Waals surface area contributed by atoms with Crippen molar-refractivity contribution in [2.75, 3.05) is 13.1 Å². The number of hydrogen-bond donors (Lipinski definition) is 2. The molecule has 27 heavy (non-hydrogen) atoms. The molecule has 1 heterocycles. The van der Waals surface area contributed by atoms with Gasteiger partial charge in [-0.2, -0.15) is 0 Å². The van der Waals surface area contributed by atoms with Gasteiger partial charge >= 0.3 is 0 Å². The number of nitrogens with zero attached hydrogens (tertiary/aromatic N) is 3. The van der Waals surface area contributed by atoms with Gasteiger partial charge in [-0.3, -0.25) is 0 Å². The van der Waals surface area contributed by atoms with Crippen LogP contribution in [-0.2, 0) is 13.1 Å². The molecule has 0 radical (unpaired) electrons. The number of para-hydroxylation sites is 2. The van der Waals surface area contributed by atoms with Crippen LogP contribution < -0.4 is 10.6 Å². The van der Waals surface area contributed by atoms with Gasteiger partial charge in [0, 0.05) is 19.6 Å². The number of guanidine groups is 1. The molecule has 0 aliphatic rings. The molecule has 144 valence electrons. The van der Waals surface area contributed by atoms with Gasteiger partial charge in [-0.05, 0) is 38.5 Å². The first-order valence-electron chi connectivity index (χ1n) is 9.17. The van der Waals surface area contributed by atoms with Crippen LogP contribution >= 0.6 is 24.0 Å². The van der Waals surface area contributed by atoms with E-state index in [0.29, 0.717) is 6.54 Å². The van der Waals surface area contributed by atoms with E-state index in [0.717, 1.165) is 36.9 Å². The predicted octanol–water partition coefficient (Wildman–Crippen LogP) is 4.03. The predicted molar refractivity (Wildman–Crippen MR) is 124 cm³/mol. The van der Waals surface area contributed by atoms with Crippen molar-refractivity contribution in [3.63, 3.8) is 0 Å². The third-order valence-corrected chi connectivity index (χ3v) is 4.36. The second kappa shape index (κ2) is 10.3. The summed E-state index contributed by atoms with van der Waals surface area (Å²) in [6.07, 6.45) is 0. The SMILES string of the molecule is CCNC(=NCc1ccc(C)cc1)NCCn1c(C)nc2ccccc21.I. The summed E-state index contributed by atoms with van der Waals surface area (Å²) in [5, 5.41) is 6.73. The lowest BCUT2D eigenvalue weighted by Gasteiger charge is -2.13. The van der Waals surface area contributed by atoms with Gasteiger partial charge in [-0.1, -0.05) is 42.0 Å². The number of halogens is 1. The Morgan fingerprint density at radius 3 is 2.52 bits per heavy atom. The second-order valence-electron chi connectivity index (χ2n) is 6.41. The van der Waals surface area contributed by atoms with Crippen LogP contribution in [0.2, 0.25) is 0 Å². The number of aliphatic imine (C=N–C) groups is 1. The van der Waals surface area contributed by atoms with E-state index in [2.05, 4.69) is 88.4 Å². The maximum absolute atomic E-state index is 4.69. The van der Waals surface area contributed by atoms with Crippen LogP contribution in [0.5, 0.6) is 0 Å². The highest BCUT2D eigenvalue weighted by molar-refractivity contribution is 14.0. The van der Waals surface area contributed by atoms with Gasteiger partial charge in [-0.15, -0.1) is 24.0 Å². The number of aryl methyl sites for hydroxylation is 2. The third-order valence-electron chi connectivity index (χ3n) is 4.36. The molecule has 6 heteroatoms. The van der Waals surface area contributed by atoms with Crippen molar-refractivity contribution in [2.45, 2.75) is 33.9 Å². The van der Waals surface area contributed by atoms with Crippen molar-refractivity contribution in [1.29, 1.82) is 0 Å². The van der Waals surface area contributed by atoms with E-state index in [4.69, 9.17) is 0 Å². The molecular formula is C21H28IN5. The molecule has 2 aromatic carbocycles. The minimum absolute atomic E-state index is 0. The maximum Gasteiger partial charge on any atom is 0.191 e. The summed E-state index contributed by atoms with van der Waals surface area (Å²) in [7, 11) is 0. The normalized spacial score (nSPS) is 11.3. The van der Waals surface area contributed by atoms with Crippen LogP contribution in [0.3, 0.4) is 0 Å². The number of rotatable bonds is 6. The third kappa shape index (κ3) is 5.69. The van der Waals surface area contributed by atoms with Crippen molar-refractivity contribution >= 4 is 41.0 Å². The zero-order chi connectivity index (χ0) is 18.4. The number of benzene rings is 2. The van der Waals surface area contributed by atoms with Crippen LogP contribution in [0.15, 0.2) is 53.5 Å². The number of aromatic nitrogens is 2. The Morgan fingerprint density at radius 1 is 1.04 bits per heavy atom. The van der Waals surface area contributed by atoms with E-state index in [1.54, 1.807) is 0 Å². The summed E-state index contributed by atoms with van der Waals surface area (Å²) in [5.41, 5.74) is 4.70. The summed E-state index contributed by atoms with van der Waals surface area (Å²) in [4.78, 5) is 9.31. The average Bonchev–Trinajstić information content (AvgIpc) is 2.96. The van der Waals surface area contributed by atoms with E-state index in [-0.39, 0.29) is 24.0 Å². The Balaban J connectivity index is 0.00000261. The molecule has 0 unspecified atom stereocenters. The largest absolute Gasteiger partial charge is 0.357 e. The fourth-order valence-electron chi connectivity index (χ4n) is 2.97. The zero-order valence-electron chi connectivity index (χ0n) is 16.2. The summed E-state index contributed by atoms with van der Waals surface area (Å²) < 4.78 is 2.24. The van der Waals surface area contributed by atoms with Gasteiger partial charge in [0.05, 0.1) is 17.6 Å². The molecule has 0 bridgehead atoms. The minimum Gasteiger partial charge on any atom is -0.357 e. The summed E-state index contributed by atoms with van der Waals surface area (Å²) >= 11 is 0. The van der Waals surface area contributed by atoms with Crippen LogP contribution in [0, 0.1) is 13.8 Å². The summed E-state index contributed by atoms with van der Waals surface area (Å²) in [6.45, 7) is 9.38. The molecule has 0 saturated heterocycles. The van der Waals surface area contributed by atoms with Crippen molar-refractivity contribution in [2.24, 2.45) is 4.99 Å². The molecule has 5 nitrogen and oxygen atoms in total. The van der Waals surface area contributed by atoms with Crippen molar-refractivity contribution in [3.05, 3.63) is 65.5 Å². The Hall–Kier alpha value is -2.09. The summed E-state index contributed by atoms with van der Waals surface area (Å²) in [6, 6.07) is 16.8. The number of nitrogens with one attached hydrogen (secondary N) is 2. The smallest absolute Gasteiger partial charge is 0.191 e. The van der Waals surface area contributed by atoms with Crippen molar-refractivity contribution in [3.8, 4) is 0 Å². The first kappa shape index (κ1) is 21.2. The van der Waals surface area contributed by atoms with Gasteiger partial charge in [0.2, 0.25) is 0 Å². The lowest BCUT2D eigenvalue weighted by molar-refractivity contribution is 0.660. The Labute approximate surface area is 178 Å². The van der Waals surface area contributed by atoms with Crippen LogP contribution in [0.25, 0.3) is 11.0 Å². The maximum atomic E-state index is 4.69. The lowest BCUT2D eigenvalue weighted by Crippen LogP contribution is -2.38. The first-order valence-corrected chi connectivity index (χ1v) is 9.17. The molecule has 0 amide bonds. The molecule has 3 rings (SSSR count). The minimum atomic E-state index is 0. The molecule has 0 saturated carbocycles. The number of hydrogen-bond acceptors (Lipinski definition) is 2. The van der Waals surface area contributed by atoms with E-state index < -0.39 is 0 Å². The molecule has 0 atom stereocenters. The van der Waals surface area contributed by atoms with Crippen molar-refractivity contribution < 1.29 is 0 Å². The van der Waals surface area contributed by atoms with E-state index in [1.165, 1.54) is 16.6 Å². The lowest BCUT2D eigenvalue weighted by atomic mass is 10.1. The molecular weight excluding hydrogens is 449 g/mol. The van der Waals surface area contributed by atoms with Crippen molar-refractivity contribution in [1.82, 2.24) is 20.2 Å². The Bertz CT molecular complexity index is 883.